The fraction of sp³-hybridized carbons (Fsp3) is 0.176. The lowest BCUT2D eigenvalue weighted by atomic mass is 10.2. The zero-order valence-corrected chi connectivity index (χ0v) is 14.9. The van der Waals surface area contributed by atoms with E-state index in [4.69, 9.17) is 27.9 Å². The lowest BCUT2D eigenvalue weighted by Crippen LogP contribution is -2.20. The largest absolute Gasteiger partial charge is 0.488 e. The van der Waals surface area contributed by atoms with Gasteiger partial charge in [-0.3, -0.25) is 0 Å². The van der Waals surface area contributed by atoms with Gasteiger partial charge in [-0.25, -0.2) is 9.97 Å². The number of aromatic nitrogens is 2. The average molecular weight is 381 g/mol. The number of benzene rings is 2. The number of fused-ring (bicyclic) bond motifs is 1. The van der Waals surface area contributed by atoms with Crippen molar-refractivity contribution < 1.29 is 9.84 Å². The number of para-hydroxylation sites is 2. The molecule has 3 rings (SSSR count). The van der Waals surface area contributed by atoms with E-state index in [1.165, 1.54) is 18.1 Å². The minimum atomic E-state index is -0.684. The van der Waals surface area contributed by atoms with Gasteiger partial charge in [0.25, 0.3) is 0 Å². The van der Waals surface area contributed by atoms with Crippen LogP contribution in [-0.2, 0) is 0 Å². The summed E-state index contributed by atoms with van der Waals surface area (Å²) in [5, 5.41) is 12.8. The number of ether oxygens (including phenoxy) is 1. The number of nitrogens with zero attached hydrogens (tertiary/aromatic N) is 2. The van der Waals surface area contributed by atoms with Crippen LogP contribution >= 0.6 is 35.0 Å². The first-order valence-corrected chi connectivity index (χ1v) is 8.96. The smallest absolute Gasteiger partial charge is 0.156 e. The van der Waals surface area contributed by atoms with Crippen molar-refractivity contribution in [3.8, 4) is 5.75 Å². The lowest BCUT2D eigenvalue weighted by molar-refractivity contribution is 0.126. The highest BCUT2D eigenvalue weighted by atomic mass is 35.5. The van der Waals surface area contributed by atoms with Gasteiger partial charge in [-0.15, -0.1) is 11.8 Å². The van der Waals surface area contributed by atoms with Crippen LogP contribution in [0.25, 0.3) is 10.9 Å². The molecule has 0 radical (unpaired) electrons. The molecule has 1 heterocycles. The monoisotopic (exact) mass is 380 g/mol. The predicted octanol–water partition coefficient (Wildman–Crippen LogP) is 4.47. The summed E-state index contributed by atoms with van der Waals surface area (Å²) in [7, 11) is 0. The predicted molar refractivity (Wildman–Crippen MR) is 98.2 cm³/mol. The minimum Gasteiger partial charge on any atom is -0.488 e. The van der Waals surface area contributed by atoms with Crippen molar-refractivity contribution in [2.24, 2.45) is 0 Å². The van der Waals surface area contributed by atoms with Crippen molar-refractivity contribution in [3.05, 3.63) is 58.8 Å². The molecular weight excluding hydrogens is 367 g/mol. The molecule has 4 nitrogen and oxygen atoms in total. The van der Waals surface area contributed by atoms with Gasteiger partial charge < -0.3 is 9.84 Å². The Morgan fingerprint density at radius 1 is 1.04 bits per heavy atom. The summed E-state index contributed by atoms with van der Waals surface area (Å²) >= 11 is 13.5. The molecule has 0 bridgehead atoms. The first-order chi connectivity index (χ1) is 11.6. The molecule has 1 aromatic heterocycles. The molecule has 3 aromatic rings. The van der Waals surface area contributed by atoms with Gasteiger partial charge >= 0.3 is 0 Å². The van der Waals surface area contributed by atoms with Crippen LogP contribution in [0.4, 0.5) is 0 Å². The molecule has 2 aromatic carbocycles. The Hall–Kier alpha value is -1.53. The third kappa shape index (κ3) is 4.11. The van der Waals surface area contributed by atoms with Crippen molar-refractivity contribution >= 4 is 45.9 Å². The van der Waals surface area contributed by atoms with E-state index in [1.807, 2.05) is 24.3 Å². The molecule has 24 heavy (non-hydrogen) atoms. The molecule has 0 spiro atoms. The normalized spacial score (nSPS) is 12.3. The zero-order valence-electron chi connectivity index (χ0n) is 12.5. The highest BCUT2D eigenvalue weighted by Gasteiger charge is 2.12. The third-order valence-corrected chi connectivity index (χ3v) is 5.00. The Balaban J connectivity index is 1.60. The maximum Gasteiger partial charge on any atom is 0.156 e. The van der Waals surface area contributed by atoms with Crippen LogP contribution in [-0.4, -0.2) is 33.5 Å². The van der Waals surface area contributed by atoms with Crippen LogP contribution < -0.4 is 4.74 Å². The highest BCUT2D eigenvalue weighted by Crippen LogP contribution is 2.32. The molecule has 0 aliphatic heterocycles. The summed E-state index contributed by atoms with van der Waals surface area (Å²) in [6.07, 6.45) is 0.841. The maximum atomic E-state index is 10.2. The Morgan fingerprint density at radius 2 is 1.79 bits per heavy atom. The summed E-state index contributed by atoms with van der Waals surface area (Å²) < 4.78 is 5.55. The summed E-state index contributed by atoms with van der Waals surface area (Å²) in [5.41, 5.74) is 0.878. The van der Waals surface area contributed by atoms with E-state index in [1.54, 1.807) is 18.2 Å². The van der Waals surface area contributed by atoms with Gasteiger partial charge in [0.15, 0.2) is 5.75 Å². The molecule has 7 heteroatoms. The Bertz CT molecular complexity index is 822. The van der Waals surface area contributed by atoms with Gasteiger partial charge in [-0.1, -0.05) is 47.5 Å². The van der Waals surface area contributed by atoms with E-state index in [0.29, 0.717) is 21.5 Å². The fourth-order valence-electron chi connectivity index (χ4n) is 2.12. The van der Waals surface area contributed by atoms with Crippen molar-refractivity contribution in [1.82, 2.24) is 9.97 Å². The first-order valence-electron chi connectivity index (χ1n) is 7.22. The molecule has 0 aliphatic rings. The Morgan fingerprint density at radius 3 is 2.58 bits per heavy atom. The van der Waals surface area contributed by atoms with Gasteiger partial charge in [-0.2, -0.15) is 0 Å². The van der Waals surface area contributed by atoms with Crippen LogP contribution in [0.2, 0.25) is 10.0 Å². The van der Waals surface area contributed by atoms with Crippen LogP contribution in [0, 0.1) is 0 Å². The number of hydrogen-bond acceptors (Lipinski definition) is 5. The van der Waals surface area contributed by atoms with Gasteiger partial charge in [0, 0.05) is 11.1 Å². The molecule has 0 unspecified atom stereocenters. The molecule has 0 saturated carbocycles. The SMILES string of the molecule is O[C@@H](COc1c(Cl)cccc1Cl)CSc1ncnc2ccccc12. The molecular formula is C17H14Cl2N2O2S. The van der Waals surface area contributed by atoms with Gasteiger partial charge in [0.05, 0.1) is 21.7 Å². The van der Waals surface area contributed by atoms with Crippen molar-refractivity contribution in [3.63, 3.8) is 0 Å². The van der Waals surface area contributed by atoms with E-state index in [0.717, 1.165) is 15.9 Å². The van der Waals surface area contributed by atoms with E-state index in [9.17, 15) is 5.11 Å². The molecule has 0 saturated heterocycles. The third-order valence-electron chi connectivity index (χ3n) is 3.26. The second-order valence-electron chi connectivity index (χ2n) is 5.02. The van der Waals surface area contributed by atoms with Crippen LogP contribution in [0.5, 0.6) is 5.75 Å². The summed E-state index contributed by atoms with van der Waals surface area (Å²) in [5.74, 6) is 0.820. The topological polar surface area (TPSA) is 55.2 Å². The Labute approximate surface area is 153 Å². The number of thioether (sulfide) groups is 1. The Kier molecular flexibility index (Phi) is 5.79. The first kappa shape index (κ1) is 17.3. The number of aliphatic hydroxyl groups excluding tert-OH is 1. The van der Waals surface area contributed by atoms with Crippen LogP contribution in [0.1, 0.15) is 0 Å². The number of halogens is 2. The molecule has 0 fully saturated rings. The van der Waals surface area contributed by atoms with Crippen molar-refractivity contribution in [1.29, 1.82) is 0 Å². The van der Waals surface area contributed by atoms with E-state index >= 15 is 0 Å². The van der Waals surface area contributed by atoms with Gasteiger partial charge in [0.1, 0.15) is 18.0 Å². The van der Waals surface area contributed by atoms with E-state index in [2.05, 4.69) is 9.97 Å². The zero-order chi connectivity index (χ0) is 16.9. The fourth-order valence-corrected chi connectivity index (χ4v) is 3.52. The summed E-state index contributed by atoms with van der Waals surface area (Å²) in [4.78, 5) is 8.51. The number of aliphatic hydroxyl groups is 1. The standard InChI is InChI=1S/C17H14Cl2N2O2S/c18-13-5-3-6-14(19)16(13)23-8-11(22)9-24-17-12-4-1-2-7-15(12)20-10-21-17/h1-7,10-11,22H,8-9H2/t11-/m0/s1. The second-order valence-corrected chi connectivity index (χ2v) is 6.85. The van der Waals surface area contributed by atoms with E-state index < -0.39 is 6.10 Å². The second kappa shape index (κ2) is 8.03. The van der Waals surface area contributed by atoms with Gasteiger partial charge in [-0.05, 0) is 18.2 Å². The molecule has 1 atom stereocenters. The number of hydrogen-bond donors (Lipinski definition) is 1. The number of rotatable bonds is 6. The maximum absolute atomic E-state index is 10.2. The van der Waals surface area contributed by atoms with Gasteiger partial charge in [0.2, 0.25) is 0 Å². The highest BCUT2D eigenvalue weighted by molar-refractivity contribution is 7.99. The summed E-state index contributed by atoms with van der Waals surface area (Å²) in [6.45, 7) is 0.0967. The van der Waals surface area contributed by atoms with Crippen molar-refractivity contribution in [2.45, 2.75) is 11.1 Å². The lowest BCUT2D eigenvalue weighted by Gasteiger charge is -2.14. The van der Waals surface area contributed by atoms with Crippen LogP contribution in [0.3, 0.4) is 0 Å². The summed E-state index contributed by atoms with van der Waals surface area (Å²) in [6, 6.07) is 12.9. The molecule has 124 valence electrons. The quantitative estimate of drug-likeness (QED) is 0.504. The molecule has 1 N–H and O–H groups in total. The van der Waals surface area contributed by atoms with E-state index in [-0.39, 0.29) is 6.61 Å². The van der Waals surface area contributed by atoms with Crippen molar-refractivity contribution in [2.75, 3.05) is 12.4 Å². The van der Waals surface area contributed by atoms with Crippen LogP contribution in [0.15, 0.2) is 53.8 Å². The molecule has 0 amide bonds. The average Bonchev–Trinajstić information content (AvgIpc) is 2.59. The minimum absolute atomic E-state index is 0.0967. The molecule has 0 aliphatic carbocycles.